The predicted octanol–water partition coefficient (Wildman–Crippen LogP) is 5.55. The summed E-state index contributed by atoms with van der Waals surface area (Å²) in [6.45, 7) is 3.87. The summed E-state index contributed by atoms with van der Waals surface area (Å²) in [4.78, 5) is 4.56. The van der Waals surface area contributed by atoms with Gasteiger partial charge in [0, 0.05) is 6.54 Å². The van der Waals surface area contributed by atoms with Crippen LogP contribution in [0.1, 0.15) is 49.1 Å². The molecule has 1 aromatic heterocycles. The van der Waals surface area contributed by atoms with E-state index >= 15 is 0 Å². The van der Waals surface area contributed by atoms with Crippen molar-refractivity contribution in [1.82, 2.24) is 10.3 Å². The third kappa shape index (κ3) is 5.92. The molecule has 31 heavy (non-hydrogen) atoms. The van der Waals surface area contributed by atoms with Crippen LogP contribution in [-0.4, -0.2) is 31.2 Å². The third-order valence-corrected chi connectivity index (χ3v) is 6.19. The zero-order valence-electron chi connectivity index (χ0n) is 17.9. The first-order valence-electron chi connectivity index (χ1n) is 11.4. The number of aromatic nitrogens is 1. The standard InChI is InChI=1S/C25H31N3O2.ClH/c1(2-13-29-22-6-3-5-21(15-22)20-8-9-20)4-18-7-10-23-24(14-18)30-25(28-23)27-17-19-11-12-26-16-19;/h3,5-7,10,14-15,19-20,26H,1-2,4,8-9,11-13,16-17H2,(H,27,28);1H/t19-;/m0./s1. The topological polar surface area (TPSA) is 59.3 Å². The summed E-state index contributed by atoms with van der Waals surface area (Å²) >= 11 is 0. The van der Waals surface area contributed by atoms with Crippen molar-refractivity contribution in [2.75, 3.05) is 31.6 Å². The van der Waals surface area contributed by atoms with Gasteiger partial charge in [0.25, 0.3) is 6.01 Å². The van der Waals surface area contributed by atoms with Crippen molar-refractivity contribution in [3.05, 3.63) is 53.6 Å². The number of aryl methyl sites for hydroxylation is 1. The maximum Gasteiger partial charge on any atom is 0.295 e. The summed E-state index contributed by atoms with van der Waals surface area (Å²) in [5, 5.41) is 6.74. The SMILES string of the molecule is Cl.c1cc(OCCCCc2ccc3nc(NC[C@H]4CCNC4)oc3c2)cc(C2CC2)c1. The summed E-state index contributed by atoms with van der Waals surface area (Å²) in [6, 6.07) is 15.6. The third-order valence-electron chi connectivity index (χ3n) is 6.19. The van der Waals surface area contributed by atoms with Crippen LogP contribution in [0.2, 0.25) is 0 Å². The van der Waals surface area contributed by atoms with Gasteiger partial charge in [0.2, 0.25) is 0 Å². The Kier molecular flexibility index (Phi) is 7.36. The van der Waals surface area contributed by atoms with Gasteiger partial charge in [0.05, 0.1) is 6.61 Å². The molecule has 2 heterocycles. The number of oxazole rings is 1. The number of benzene rings is 2. The molecule has 1 saturated heterocycles. The Morgan fingerprint density at radius 1 is 1.10 bits per heavy atom. The molecule has 2 aliphatic rings. The van der Waals surface area contributed by atoms with Crippen LogP contribution in [0.4, 0.5) is 6.01 Å². The largest absolute Gasteiger partial charge is 0.494 e. The molecule has 0 amide bonds. The van der Waals surface area contributed by atoms with Gasteiger partial charge in [-0.15, -0.1) is 12.4 Å². The zero-order valence-corrected chi connectivity index (χ0v) is 18.8. The van der Waals surface area contributed by atoms with E-state index in [4.69, 9.17) is 9.15 Å². The van der Waals surface area contributed by atoms with Gasteiger partial charge in [-0.25, -0.2) is 0 Å². The number of nitrogens with one attached hydrogen (secondary N) is 2. The second-order valence-electron chi connectivity index (χ2n) is 8.71. The second kappa shape index (κ2) is 10.4. The van der Waals surface area contributed by atoms with Gasteiger partial charge in [0.15, 0.2) is 5.58 Å². The van der Waals surface area contributed by atoms with Gasteiger partial charge < -0.3 is 19.8 Å². The highest BCUT2D eigenvalue weighted by Gasteiger charge is 2.23. The van der Waals surface area contributed by atoms with Crippen molar-refractivity contribution in [1.29, 1.82) is 0 Å². The van der Waals surface area contributed by atoms with Crippen LogP contribution in [0.5, 0.6) is 5.75 Å². The monoisotopic (exact) mass is 441 g/mol. The summed E-state index contributed by atoms with van der Waals surface area (Å²) < 4.78 is 11.9. The number of hydrogen-bond acceptors (Lipinski definition) is 5. The molecule has 0 radical (unpaired) electrons. The Hall–Kier alpha value is -2.24. The van der Waals surface area contributed by atoms with E-state index in [0.29, 0.717) is 11.9 Å². The maximum absolute atomic E-state index is 5.96. The first kappa shape index (κ1) is 22.0. The molecule has 1 saturated carbocycles. The number of anilines is 1. The van der Waals surface area contributed by atoms with Crippen molar-refractivity contribution >= 4 is 29.5 Å². The Morgan fingerprint density at radius 3 is 2.87 bits per heavy atom. The van der Waals surface area contributed by atoms with Crippen molar-refractivity contribution in [2.24, 2.45) is 5.92 Å². The normalized spacial score (nSPS) is 18.1. The number of hydrogen-bond donors (Lipinski definition) is 2. The molecule has 1 aliphatic carbocycles. The van der Waals surface area contributed by atoms with E-state index < -0.39 is 0 Å². The first-order valence-corrected chi connectivity index (χ1v) is 11.4. The van der Waals surface area contributed by atoms with Gasteiger partial charge >= 0.3 is 0 Å². The minimum atomic E-state index is 0. The van der Waals surface area contributed by atoms with E-state index in [-0.39, 0.29) is 12.4 Å². The van der Waals surface area contributed by atoms with Crippen molar-refractivity contribution in [3.8, 4) is 5.75 Å². The van der Waals surface area contributed by atoms with Gasteiger partial charge in [-0.3, -0.25) is 0 Å². The minimum Gasteiger partial charge on any atom is -0.494 e. The molecule has 5 rings (SSSR count). The molecule has 5 nitrogen and oxygen atoms in total. The van der Waals surface area contributed by atoms with Crippen LogP contribution < -0.4 is 15.4 Å². The van der Waals surface area contributed by atoms with Gasteiger partial charge in [-0.05, 0) is 98.8 Å². The quantitative estimate of drug-likeness (QED) is 0.404. The molecule has 2 N–H and O–H groups in total. The van der Waals surface area contributed by atoms with Gasteiger partial charge in [-0.1, -0.05) is 18.2 Å². The van der Waals surface area contributed by atoms with E-state index in [0.717, 1.165) is 68.3 Å². The van der Waals surface area contributed by atoms with Crippen LogP contribution in [0.25, 0.3) is 11.1 Å². The summed E-state index contributed by atoms with van der Waals surface area (Å²) in [7, 11) is 0. The van der Waals surface area contributed by atoms with Crippen molar-refractivity contribution < 1.29 is 9.15 Å². The Balaban J connectivity index is 0.00000231. The van der Waals surface area contributed by atoms with Gasteiger partial charge in [0.1, 0.15) is 11.3 Å². The lowest BCUT2D eigenvalue weighted by Crippen LogP contribution is -2.17. The lowest BCUT2D eigenvalue weighted by atomic mass is 10.1. The number of halogens is 1. The minimum absolute atomic E-state index is 0. The molecule has 0 unspecified atom stereocenters. The fraction of sp³-hybridized carbons (Fsp3) is 0.480. The van der Waals surface area contributed by atoms with E-state index in [9.17, 15) is 0 Å². The molecule has 2 fully saturated rings. The molecule has 1 atom stereocenters. The molecular weight excluding hydrogens is 410 g/mol. The Bertz CT molecular complexity index is 980. The fourth-order valence-electron chi connectivity index (χ4n) is 4.22. The van der Waals surface area contributed by atoms with E-state index in [1.54, 1.807) is 0 Å². The zero-order chi connectivity index (χ0) is 20.2. The van der Waals surface area contributed by atoms with Gasteiger partial charge in [-0.2, -0.15) is 4.98 Å². The summed E-state index contributed by atoms with van der Waals surface area (Å²) in [5.74, 6) is 2.44. The predicted molar refractivity (Wildman–Crippen MR) is 128 cm³/mol. The maximum atomic E-state index is 5.96. The molecule has 0 spiro atoms. The number of fused-ring (bicyclic) bond motifs is 1. The molecule has 3 aromatic rings. The smallest absolute Gasteiger partial charge is 0.295 e. The van der Waals surface area contributed by atoms with Crippen LogP contribution in [-0.2, 0) is 6.42 Å². The highest BCUT2D eigenvalue weighted by atomic mass is 35.5. The first-order chi connectivity index (χ1) is 14.8. The molecule has 2 aromatic carbocycles. The van der Waals surface area contributed by atoms with Crippen LogP contribution >= 0.6 is 12.4 Å². The van der Waals surface area contributed by atoms with Crippen LogP contribution in [0.15, 0.2) is 46.9 Å². The number of ether oxygens (including phenoxy) is 1. The summed E-state index contributed by atoms with van der Waals surface area (Å²) in [6.07, 6.45) is 7.04. The highest BCUT2D eigenvalue weighted by molar-refractivity contribution is 5.85. The molecular formula is C25H32ClN3O2. The average molecular weight is 442 g/mol. The molecule has 166 valence electrons. The van der Waals surface area contributed by atoms with Crippen LogP contribution in [0, 0.1) is 5.92 Å². The number of rotatable bonds is 10. The fourth-order valence-corrected chi connectivity index (χ4v) is 4.22. The molecule has 0 bridgehead atoms. The molecule has 1 aliphatic heterocycles. The lowest BCUT2D eigenvalue weighted by molar-refractivity contribution is 0.306. The number of nitrogens with zero attached hydrogens (tertiary/aromatic N) is 1. The average Bonchev–Trinajstić information content (AvgIpc) is 3.33. The van der Waals surface area contributed by atoms with Crippen molar-refractivity contribution in [3.63, 3.8) is 0 Å². The Labute approximate surface area is 190 Å². The Morgan fingerprint density at radius 2 is 2.03 bits per heavy atom. The molecule has 6 heteroatoms. The lowest BCUT2D eigenvalue weighted by Gasteiger charge is -2.08. The second-order valence-corrected chi connectivity index (χ2v) is 8.71. The van der Waals surface area contributed by atoms with E-state index in [2.05, 4.69) is 58.1 Å². The van der Waals surface area contributed by atoms with Crippen molar-refractivity contribution in [2.45, 2.75) is 44.4 Å². The summed E-state index contributed by atoms with van der Waals surface area (Å²) in [5.41, 5.74) is 4.51. The highest BCUT2D eigenvalue weighted by Crippen LogP contribution is 2.40. The van der Waals surface area contributed by atoms with Crippen LogP contribution in [0.3, 0.4) is 0 Å². The van der Waals surface area contributed by atoms with E-state index in [1.807, 2.05) is 0 Å². The van der Waals surface area contributed by atoms with E-state index in [1.165, 1.54) is 30.4 Å². The number of unbranched alkanes of at least 4 members (excludes halogenated alkanes) is 1.